The molecule has 1 saturated heterocycles. The third-order valence-electron chi connectivity index (χ3n) is 3.88. The molecule has 1 amide bonds. The molecule has 0 saturated carbocycles. The zero-order chi connectivity index (χ0) is 15.9. The summed E-state index contributed by atoms with van der Waals surface area (Å²) < 4.78 is 11.1. The molecule has 2 rings (SSSR count). The molecule has 4 heteroatoms. The van der Waals surface area contributed by atoms with Crippen molar-refractivity contribution in [2.24, 2.45) is 5.92 Å². The highest BCUT2D eigenvalue weighted by atomic mass is 16.5. The summed E-state index contributed by atoms with van der Waals surface area (Å²) in [6.45, 7) is 7.14. The van der Waals surface area contributed by atoms with Crippen LogP contribution in [0.2, 0.25) is 0 Å². The van der Waals surface area contributed by atoms with Crippen LogP contribution in [0, 0.1) is 5.92 Å². The first-order chi connectivity index (χ1) is 10.6. The van der Waals surface area contributed by atoms with E-state index in [1.54, 1.807) is 7.11 Å². The van der Waals surface area contributed by atoms with E-state index in [0.29, 0.717) is 19.1 Å². The Morgan fingerprint density at radius 3 is 2.59 bits per heavy atom. The molecular formula is C18H27NO3. The lowest BCUT2D eigenvalue weighted by Gasteiger charge is -2.27. The summed E-state index contributed by atoms with van der Waals surface area (Å²) in [4.78, 5) is 14.5. The number of piperidine rings is 1. The average Bonchev–Trinajstić information content (AvgIpc) is 2.54. The van der Waals surface area contributed by atoms with Crippen molar-refractivity contribution in [1.82, 2.24) is 4.90 Å². The van der Waals surface area contributed by atoms with E-state index in [0.717, 1.165) is 42.8 Å². The second-order valence-electron chi connectivity index (χ2n) is 6.29. The van der Waals surface area contributed by atoms with E-state index in [-0.39, 0.29) is 5.91 Å². The van der Waals surface area contributed by atoms with Crippen LogP contribution in [0.15, 0.2) is 18.2 Å². The summed E-state index contributed by atoms with van der Waals surface area (Å²) in [5.74, 6) is 1.38. The van der Waals surface area contributed by atoms with Gasteiger partial charge in [-0.2, -0.15) is 0 Å². The number of rotatable bonds is 6. The van der Waals surface area contributed by atoms with Gasteiger partial charge in [-0.05, 0) is 43.4 Å². The van der Waals surface area contributed by atoms with Crippen LogP contribution in [0.4, 0.5) is 0 Å². The number of benzene rings is 1. The largest absolute Gasteiger partial charge is 0.496 e. The second kappa shape index (κ2) is 8.18. The van der Waals surface area contributed by atoms with Gasteiger partial charge in [-0.25, -0.2) is 0 Å². The Bertz CT molecular complexity index is 493. The summed E-state index contributed by atoms with van der Waals surface area (Å²) in [5, 5.41) is 0. The molecular weight excluding hydrogens is 278 g/mol. The first kappa shape index (κ1) is 16.8. The Kier molecular flexibility index (Phi) is 6.25. The van der Waals surface area contributed by atoms with E-state index in [4.69, 9.17) is 9.47 Å². The van der Waals surface area contributed by atoms with Crippen LogP contribution in [0.25, 0.3) is 0 Å². The van der Waals surface area contributed by atoms with Crippen molar-refractivity contribution >= 4 is 5.91 Å². The molecule has 22 heavy (non-hydrogen) atoms. The third-order valence-corrected chi connectivity index (χ3v) is 3.88. The lowest BCUT2D eigenvalue weighted by atomic mass is 10.1. The molecule has 1 aliphatic heterocycles. The normalized spacial score (nSPS) is 15.2. The van der Waals surface area contributed by atoms with E-state index in [9.17, 15) is 4.79 Å². The van der Waals surface area contributed by atoms with Gasteiger partial charge in [-0.3, -0.25) is 4.79 Å². The molecule has 1 heterocycles. The molecule has 0 spiro atoms. The van der Waals surface area contributed by atoms with Crippen molar-refractivity contribution < 1.29 is 14.3 Å². The predicted octanol–water partition coefficient (Wildman–Crippen LogP) is 3.49. The van der Waals surface area contributed by atoms with Gasteiger partial charge in [0, 0.05) is 30.8 Å². The average molecular weight is 305 g/mol. The number of ether oxygens (including phenoxy) is 2. The topological polar surface area (TPSA) is 38.8 Å². The van der Waals surface area contributed by atoms with Crippen LogP contribution < -0.4 is 4.74 Å². The van der Waals surface area contributed by atoms with Gasteiger partial charge in [0.25, 0.3) is 5.91 Å². The van der Waals surface area contributed by atoms with Gasteiger partial charge in [0.15, 0.2) is 0 Å². The quantitative estimate of drug-likeness (QED) is 0.807. The van der Waals surface area contributed by atoms with Crippen molar-refractivity contribution in [1.29, 1.82) is 0 Å². The SMILES string of the molecule is COc1ccc(C(=O)N2CCCCC2)cc1COCC(C)C. The third kappa shape index (κ3) is 4.47. The Balaban J connectivity index is 2.09. The number of likely N-dealkylation sites (tertiary alicyclic amines) is 1. The number of carbonyl (C=O) groups excluding carboxylic acids is 1. The molecule has 4 nitrogen and oxygen atoms in total. The minimum atomic E-state index is 0.118. The molecule has 0 N–H and O–H groups in total. The van der Waals surface area contributed by atoms with Crippen molar-refractivity contribution in [3.8, 4) is 5.75 Å². The highest BCUT2D eigenvalue weighted by molar-refractivity contribution is 5.94. The van der Waals surface area contributed by atoms with Crippen molar-refractivity contribution in [2.45, 2.75) is 39.7 Å². The highest BCUT2D eigenvalue weighted by Gasteiger charge is 2.19. The van der Waals surface area contributed by atoms with Gasteiger partial charge in [0.1, 0.15) is 5.75 Å². The van der Waals surface area contributed by atoms with Crippen LogP contribution >= 0.6 is 0 Å². The minimum Gasteiger partial charge on any atom is -0.496 e. The molecule has 122 valence electrons. The Labute approximate surface area is 133 Å². The zero-order valence-electron chi connectivity index (χ0n) is 13.9. The number of hydrogen-bond donors (Lipinski definition) is 0. The van der Waals surface area contributed by atoms with Crippen LogP contribution in [-0.2, 0) is 11.3 Å². The van der Waals surface area contributed by atoms with Crippen molar-refractivity contribution in [3.63, 3.8) is 0 Å². The fourth-order valence-electron chi connectivity index (χ4n) is 2.71. The molecule has 0 aliphatic carbocycles. The van der Waals surface area contributed by atoms with Gasteiger partial charge in [0.05, 0.1) is 13.7 Å². The van der Waals surface area contributed by atoms with Gasteiger partial charge < -0.3 is 14.4 Å². The monoisotopic (exact) mass is 305 g/mol. The Hall–Kier alpha value is -1.55. The van der Waals surface area contributed by atoms with Gasteiger partial charge in [-0.1, -0.05) is 13.8 Å². The summed E-state index contributed by atoms with van der Waals surface area (Å²) in [7, 11) is 1.65. The number of nitrogens with zero attached hydrogens (tertiary/aromatic N) is 1. The van der Waals surface area contributed by atoms with Crippen LogP contribution in [0.1, 0.15) is 49.0 Å². The van der Waals surface area contributed by atoms with E-state index < -0.39 is 0 Å². The van der Waals surface area contributed by atoms with E-state index in [1.165, 1.54) is 6.42 Å². The highest BCUT2D eigenvalue weighted by Crippen LogP contribution is 2.23. The first-order valence-corrected chi connectivity index (χ1v) is 8.15. The molecule has 0 unspecified atom stereocenters. The van der Waals surface area contributed by atoms with E-state index in [1.807, 2.05) is 23.1 Å². The molecule has 0 bridgehead atoms. The maximum Gasteiger partial charge on any atom is 0.253 e. The van der Waals surface area contributed by atoms with Gasteiger partial charge >= 0.3 is 0 Å². The van der Waals surface area contributed by atoms with E-state index >= 15 is 0 Å². The maximum absolute atomic E-state index is 12.6. The second-order valence-corrected chi connectivity index (χ2v) is 6.29. The van der Waals surface area contributed by atoms with Gasteiger partial charge in [0.2, 0.25) is 0 Å². The summed E-state index contributed by atoms with van der Waals surface area (Å²) in [6, 6.07) is 5.63. The van der Waals surface area contributed by atoms with Crippen molar-refractivity contribution in [2.75, 3.05) is 26.8 Å². The lowest BCUT2D eigenvalue weighted by Crippen LogP contribution is -2.35. The molecule has 0 radical (unpaired) electrons. The number of hydrogen-bond acceptors (Lipinski definition) is 3. The van der Waals surface area contributed by atoms with Crippen molar-refractivity contribution in [3.05, 3.63) is 29.3 Å². The predicted molar refractivity (Wildman–Crippen MR) is 87.2 cm³/mol. The molecule has 1 aliphatic rings. The number of carbonyl (C=O) groups is 1. The molecule has 1 fully saturated rings. The molecule has 0 atom stereocenters. The fourth-order valence-corrected chi connectivity index (χ4v) is 2.71. The van der Waals surface area contributed by atoms with Crippen LogP contribution in [0.3, 0.4) is 0 Å². The van der Waals surface area contributed by atoms with Crippen LogP contribution in [0.5, 0.6) is 5.75 Å². The molecule has 1 aromatic carbocycles. The zero-order valence-corrected chi connectivity index (χ0v) is 13.9. The Morgan fingerprint density at radius 1 is 1.23 bits per heavy atom. The smallest absolute Gasteiger partial charge is 0.253 e. The fraction of sp³-hybridized carbons (Fsp3) is 0.611. The summed E-state index contributed by atoms with van der Waals surface area (Å²) >= 11 is 0. The summed E-state index contributed by atoms with van der Waals surface area (Å²) in [6.07, 6.45) is 3.43. The van der Waals surface area contributed by atoms with Crippen LogP contribution in [-0.4, -0.2) is 37.6 Å². The standard InChI is InChI=1S/C18H27NO3/c1-14(2)12-22-13-16-11-15(7-8-17(16)21-3)18(20)19-9-5-4-6-10-19/h7-8,11,14H,4-6,9-10,12-13H2,1-3H3. The van der Waals surface area contributed by atoms with Gasteiger partial charge in [-0.15, -0.1) is 0 Å². The first-order valence-electron chi connectivity index (χ1n) is 8.15. The summed E-state index contributed by atoms with van der Waals surface area (Å²) in [5.41, 5.74) is 1.66. The Morgan fingerprint density at radius 2 is 1.95 bits per heavy atom. The minimum absolute atomic E-state index is 0.118. The molecule has 1 aromatic rings. The molecule has 0 aromatic heterocycles. The number of amides is 1. The maximum atomic E-state index is 12.6. The lowest BCUT2D eigenvalue weighted by molar-refractivity contribution is 0.0723. The van der Waals surface area contributed by atoms with E-state index in [2.05, 4.69) is 13.8 Å². The number of methoxy groups -OCH3 is 1.